The van der Waals surface area contributed by atoms with E-state index in [1.165, 1.54) is 25.1 Å². The first-order valence-corrected chi connectivity index (χ1v) is 9.33. The van der Waals surface area contributed by atoms with Crippen molar-refractivity contribution in [2.75, 3.05) is 0 Å². The number of amides is 2. The summed E-state index contributed by atoms with van der Waals surface area (Å²) in [5.74, 6) is -2.76. The summed E-state index contributed by atoms with van der Waals surface area (Å²) >= 11 is 3.35. The Morgan fingerprint density at radius 1 is 1.04 bits per heavy atom. The number of hydrogen-bond donors (Lipinski definition) is 3. The lowest BCUT2D eigenvalue weighted by molar-refractivity contribution is -0.142. The second-order valence-corrected chi connectivity index (χ2v) is 7.14. The molecule has 2 rings (SSSR count). The molecule has 0 spiro atoms. The first-order chi connectivity index (χ1) is 13.3. The van der Waals surface area contributed by atoms with Crippen LogP contribution in [0.5, 0.6) is 0 Å². The van der Waals surface area contributed by atoms with Crippen molar-refractivity contribution < 1.29 is 23.9 Å². The van der Waals surface area contributed by atoms with Gasteiger partial charge in [-0.1, -0.05) is 46.3 Å². The fourth-order valence-corrected chi connectivity index (χ4v) is 3.16. The summed E-state index contributed by atoms with van der Waals surface area (Å²) in [6.45, 7) is 1.25. The van der Waals surface area contributed by atoms with Crippen molar-refractivity contribution in [3.63, 3.8) is 0 Å². The Balaban J connectivity index is 2.15. The first-order valence-electron chi connectivity index (χ1n) is 8.54. The Morgan fingerprint density at radius 3 is 2.36 bits per heavy atom. The summed E-state index contributed by atoms with van der Waals surface area (Å²) < 4.78 is 14.1. The van der Waals surface area contributed by atoms with Gasteiger partial charge in [0.2, 0.25) is 11.8 Å². The molecule has 6 nitrogen and oxygen atoms in total. The van der Waals surface area contributed by atoms with Gasteiger partial charge in [0.25, 0.3) is 0 Å². The molecule has 0 aliphatic heterocycles. The van der Waals surface area contributed by atoms with Gasteiger partial charge in [-0.25, -0.2) is 9.18 Å². The van der Waals surface area contributed by atoms with Gasteiger partial charge in [-0.2, -0.15) is 0 Å². The Morgan fingerprint density at radius 2 is 1.75 bits per heavy atom. The highest BCUT2D eigenvalue weighted by Crippen LogP contribution is 2.18. The molecule has 0 unspecified atom stereocenters. The molecule has 28 heavy (non-hydrogen) atoms. The number of aliphatic carboxylic acids is 1. The second kappa shape index (κ2) is 9.98. The lowest BCUT2D eigenvalue weighted by Gasteiger charge is -2.21. The number of nitrogens with one attached hydrogen (secondary N) is 2. The van der Waals surface area contributed by atoms with E-state index >= 15 is 0 Å². The average molecular weight is 451 g/mol. The number of benzene rings is 2. The van der Waals surface area contributed by atoms with Crippen molar-refractivity contribution in [3.05, 3.63) is 69.9 Å². The number of hydrogen-bond acceptors (Lipinski definition) is 3. The minimum Gasteiger partial charge on any atom is -0.480 e. The zero-order chi connectivity index (χ0) is 20.7. The van der Waals surface area contributed by atoms with Crippen LogP contribution in [-0.2, 0) is 27.2 Å². The van der Waals surface area contributed by atoms with Crippen molar-refractivity contribution in [1.82, 2.24) is 10.6 Å². The molecule has 0 bridgehead atoms. The molecule has 0 aliphatic carbocycles. The smallest absolute Gasteiger partial charge is 0.326 e. The van der Waals surface area contributed by atoms with Crippen LogP contribution in [0.2, 0.25) is 0 Å². The average Bonchev–Trinajstić information content (AvgIpc) is 2.61. The Bertz CT molecular complexity index is 875. The van der Waals surface area contributed by atoms with Crippen molar-refractivity contribution in [1.29, 1.82) is 0 Å². The van der Waals surface area contributed by atoms with Gasteiger partial charge >= 0.3 is 5.97 Å². The molecule has 0 aromatic heterocycles. The van der Waals surface area contributed by atoms with Crippen LogP contribution < -0.4 is 10.6 Å². The minimum absolute atomic E-state index is 0.0323. The standard InChI is InChI=1S/C20H20BrFN2O4/c1-12(25)23-17(10-13-5-4-7-15(22)9-13)19(26)24-18(20(27)28)11-14-6-2-3-8-16(14)21/h2-9,17-18H,10-11H2,1H3,(H,23,25)(H,24,26)(H,27,28)/t17-,18+/m0/s1. The molecule has 0 aliphatic rings. The maximum Gasteiger partial charge on any atom is 0.326 e. The SMILES string of the molecule is CC(=O)N[C@@H](Cc1cccc(F)c1)C(=O)N[C@H](Cc1ccccc1Br)C(=O)O. The van der Waals surface area contributed by atoms with E-state index < -0.39 is 35.7 Å². The summed E-state index contributed by atoms with van der Waals surface area (Å²) in [5.41, 5.74) is 1.22. The van der Waals surface area contributed by atoms with Crippen LogP contribution in [0.1, 0.15) is 18.1 Å². The third-order valence-electron chi connectivity index (χ3n) is 4.02. The third-order valence-corrected chi connectivity index (χ3v) is 4.79. The largest absolute Gasteiger partial charge is 0.480 e. The maximum atomic E-state index is 13.4. The summed E-state index contributed by atoms with van der Waals surface area (Å²) in [6, 6.07) is 10.5. The van der Waals surface area contributed by atoms with Gasteiger partial charge in [0, 0.05) is 24.2 Å². The minimum atomic E-state index is -1.20. The van der Waals surface area contributed by atoms with Gasteiger partial charge < -0.3 is 15.7 Å². The number of carbonyl (C=O) groups is 3. The van der Waals surface area contributed by atoms with Gasteiger partial charge in [-0.3, -0.25) is 9.59 Å². The number of halogens is 2. The highest BCUT2D eigenvalue weighted by atomic mass is 79.9. The molecule has 0 heterocycles. The molecule has 3 N–H and O–H groups in total. The summed E-state index contributed by atoms with van der Waals surface area (Å²) in [7, 11) is 0. The van der Waals surface area contributed by atoms with Crippen LogP contribution in [0.25, 0.3) is 0 Å². The van der Waals surface area contributed by atoms with E-state index in [0.717, 1.165) is 10.0 Å². The van der Waals surface area contributed by atoms with Crippen LogP contribution in [0.3, 0.4) is 0 Å². The first kappa shape index (κ1) is 21.6. The van der Waals surface area contributed by atoms with Crippen LogP contribution in [0.4, 0.5) is 4.39 Å². The van der Waals surface area contributed by atoms with Gasteiger partial charge in [-0.15, -0.1) is 0 Å². The van der Waals surface area contributed by atoms with Crippen molar-refractivity contribution in [2.45, 2.75) is 31.8 Å². The molecule has 148 valence electrons. The highest BCUT2D eigenvalue weighted by Gasteiger charge is 2.27. The molecule has 2 aromatic carbocycles. The highest BCUT2D eigenvalue weighted by molar-refractivity contribution is 9.10. The predicted molar refractivity (Wildman–Crippen MR) is 105 cm³/mol. The van der Waals surface area contributed by atoms with Gasteiger partial charge in [0.1, 0.15) is 17.9 Å². The Kier molecular flexibility index (Phi) is 7.69. The molecular formula is C20H20BrFN2O4. The van der Waals surface area contributed by atoms with Gasteiger partial charge in [-0.05, 0) is 29.3 Å². The van der Waals surface area contributed by atoms with Crippen molar-refractivity contribution in [2.24, 2.45) is 0 Å². The fourth-order valence-electron chi connectivity index (χ4n) is 2.71. The second-order valence-electron chi connectivity index (χ2n) is 6.28. The normalized spacial score (nSPS) is 12.7. The van der Waals surface area contributed by atoms with E-state index in [4.69, 9.17) is 0 Å². The quantitative estimate of drug-likeness (QED) is 0.575. The van der Waals surface area contributed by atoms with Crippen LogP contribution in [-0.4, -0.2) is 35.0 Å². The van der Waals surface area contributed by atoms with E-state index in [2.05, 4.69) is 26.6 Å². The summed E-state index contributed by atoms with van der Waals surface area (Å²) in [6.07, 6.45) is 0.0970. The third kappa shape index (κ3) is 6.45. The maximum absolute atomic E-state index is 13.4. The summed E-state index contributed by atoms with van der Waals surface area (Å²) in [4.78, 5) is 35.8. The number of rotatable bonds is 8. The molecule has 0 fully saturated rings. The zero-order valence-corrected chi connectivity index (χ0v) is 16.7. The van der Waals surface area contributed by atoms with Crippen LogP contribution in [0.15, 0.2) is 53.0 Å². The fraction of sp³-hybridized carbons (Fsp3) is 0.250. The van der Waals surface area contributed by atoms with Crippen molar-refractivity contribution in [3.8, 4) is 0 Å². The van der Waals surface area contributed by atoms with E-state index in [-0.39, 0.29) is 12.8 Å². The molecular weight excluding hydrogens is 431 g/mol. The monoisotopic (exact) mass is 450 g/mol. The van der Waals surface area contributed by atoms with E-state index in [9.17, 15) is 23.9 Å². The summed E-state index contributed by atoms with van der Waals surface area (Å²) in [5, 5.41) is 14.5. The molecule has 2 amide bonds. The number of carbonyl (C=O) groups excluding carboxylic acids is 2. The molecule has 2 atom stereocenters. The lowest BCUT2D eigenvalue weighted by atomic mass is 10.0. The van der Waals surface area contributed by atoms with E-state index in [0.29, 0.717) is 5.56 Å². The van der Waals surface area contributed by atoms with Gasteiger partial charge in [0.15, 0.2) is 0 Å². The number of carboxylic acids is 1. The van der Waals surface area contributed by atoms with Crippen LogP contribution >= 0.6 is 15.9 Å². The molecule has 0 radical (unpaired) electrons. The van der Waals surface area contributed by atoms with Gasteiger partial charge in [0.05, 0.1) is 0 Å². The topological polar surface area (TPSA) is 95.5 Å². The molecule has 0 saturated heterocycles. The van der Waals surface area contributed by atoms with E-state index in [1.54, 1.807) is 30.3 Å². The van der Waals surface area contributed by atoms with E-state index in [1.807, 2.05) is 0 Å². The predicted octanol–water partition coefficient (Wildman–Crippen LogP) is 2.45. The number of carboxylic acid groups (broad SMARTS) is 1. The van der Waals surface area contributed by atoms with Crippen molar-refractivity contribution >= 4 is 33.7 Å². The zero-order valence-electron chi connectivity index (χ0n) is 15.1. The molecule has 8 heteroatoms. The van der Waals surface area contributed by atoms with Crippen LogP contribution in [0, 0.1) is 5.82 Å². The molecule has 0 saturated carbocycles. The molecule has 2 aromatic rings. The lowest BCUT2D eigenvalue weighted by Crippen LogP contribution is -2.52. The Hall–Kier alpha value is -2.74. The Labute approximate surface area is 170 Å².